The molecule has 0 aliphatic heterocycles. The number of hydrogen-bond donors (Lipinski definition) is 1. The van der Waals surface area contributed by atoms with Gasteiger partial charge in [-0.25, -0.2) is 4.99 Å². The lowest BCUT2D eigenvalue weighted by molar-refractivity contribution is 1.28. The third kappa shape index (κ3) is 3.34. The van der Waals surface area contributed by atoms with E-state index in [1.807, 2.05) is 12.3 Å². The van der Waals surface area contributed by atoms with E-state index in [1.165, 1.54) is 11.8 Å². The van der Waals surface area contributed by atoms with E-state index in [0.717, 1.165) is 0 Å². The van der Waals surface area contributed by atoms with Crippen LogP contribution in [0.25, 0.3) is 0 Å². The third-order valence-corrected chi connectivity index (χ3v) is 2.14. The molecule has 1 N–H and O–H groups in total. The largest absolute Gasteiger partial charge is 0.271 e. The summed E-state index contributed by atoms with van der Waals surface area (Å²) < 4.78 is 0. The third-order valence-electron chi connectivity index (χ3n) is 1.56. The van der Waals surface area contributed by atoms with Crippen molar-refractivity contribution in [1.82, 2.24) is 5.32 Å². The van der Waals surface area contributed by atoms with Gasteiger partial charge in [-0.3, -0.25) is 5.32 Å². The average molecular weight is 216 g/mol. The summed E-state index contributed by atoms with van der Waals surface area (Å²) in [6.45, 7) is 0. The highest BCUT2D eigenvalue weighted by Gasteiger charge is 1.97. The summed E-state index contributed by atoms with van der Waals surface area (Å²) in [6, 6.07) is 8.92. The molecule has 0 aliphatic carbocycles. The normalized spacial score (nSPS) is 10.2. The minimum absolute atomic E-state index is 0.507. The Kier molecular flexibility index (Phi) is 4.21. The van der Waals surface area contributed by atoms with E-state index in [4.69, 9.17) is 10.5 Å². The summed E-state index contributed by atoms with van der Waals surface area (Å²) in [4.78, 5) is 4.17. The molecule has 0 fully saturated rings. The number of nitriles is 2. The van der Waals surface area contributed by atoms with Gasteiger partial charge in [0, 0.05) is 0 Å². The van der Waals surface area contributed by atoms with Crippen molar-refractivity contribution < 1.29 is 0 Å². The first-order chi connectivity index (χ1) is 7.30. The number of benzene rings is 1. The minimum Gasteiger partial charge on any atom is -0.271 e. The number of thioether (sulfide) groups is 1. The second-order valence-corrected chi connectivity index (χ2v) is 3.31. The van der Waals surface area contributed by atoms with Crippen molar-refractivity contribution in [2.24, 2.45) is 4.99 Å². The van der Waals surface area contributed by atoms with Crippen LogP contribution in [-0.4, -0.2) is 11.4 Å². The molecule has 1 aromatic rings. The van der Waals surface area contributed by atoms with Crippen molar-refractivity contribution >= 4 is 22.6 Å². The first-order valence-corrected chi connectivity index (χ1v) is 5.30. The summed E-state index contributed by atoms with van der Waals surface area (Å²) in [5.41, 5.74) is 1.20. The fraction of sp³-hybridized carbons (Fsp3) is 0.100. The molecule has 1 rings (SSSR count). The van der Waals surface area contributed by atoms with Crippen molar-refractivity contribution in [2.75, 3.05) is 6.26 Å². The van der Waals surface area contributed by atoms with Gasteiger partial charge in [-0.05, 0) is 24.5 Å². The summed E-state index contributed by atoms with van der Waals surface area (Å²) in [5.74, 6) is 0. The Labute approximate surface area is 92.2 Å². The standard InChI is InChI=1S/C10H8N4S/c1-15-10(13-7-12)14-9-4-2-3-8(5-9)6-11/h2-5H,1H3,(H,13,14). The SMILES string of the molecule is CSC(=Nc1cccc(C#N)c1)NC#N. The molecule has 4 nitrogen and oxygen atoms in total. The summed E-state index contributed by atoms with van der Waals surface area (Å²) >= 11 is 1.34. The highest BCUT2D eigenvalue weighted by Crippen LogP contribution is 2.15. The summed E-state index contributed by atoms with van der Waals surface area (Å²) in [6.07, 6.45) is 3.62. The maximum absolute atomic E-state index is 8.69. The fourth-order valence-electron chi connectivity index (χ4n) is 0.935. The molecule has 0 heterocycles. The Morgan fingerprint density at radius 2 is 2.27 bits per heavy atom. The Hall–Kier alpha value is -1.98. The molecular formula is C10H8N4S. The first kappa shape index (κ1) is 11.1. The van der Waals surface area contributed by atoms with E-state index in [2.05, 4.69) is 10.3 Å². The van der Waals surface area contributed by atoms with Gasteiger partial charge in [-0.2, -0.15) is 10.5 Å². The van der Waals surface area contributed by atoms with Gasteiger partial charge in [0.25, 0.3) is 0 Å². The molecule has 0 atom stereocenters. The molecule has 0 bridgehead atoms. The van der Waals surface area contributed by atoms with Crippen LogP contribution in [0.3, 0.4) is 0 Å². The zero-order valence-electron chi connectivity index (χ0n) is 8.06. The first-order valence-electron chi connectivity index (χ1n) is 4.08. The molecule has 74 valence electrons. The second-order valence-electron chi connectivity index (χ2n) is 2.52. The fourth-order valence-corrected chi connectivity index (χ4v) is 1.28. The number of aliphatic imine (C=N–C) groups is 1. The Balaban J connectivity index is 2.97. The molecule has 0 amide bonds. The summed E-state index contributed by atoms with van der Waals surface area (Å²) in [5, 5.41) is 20.1. The van der Waals surface area contributed by atoms with Crippen LogP contribution in [0.4, 0.5) is 5.69 Å². The highest BCUT2D eigenvalue weighted by molar-refractivity contribution is 8.13. The van der Waals surface area contributed by atoms with E-state index < -0.39 is 0 Å². The van der Waals surface area contributed by atoms with Crippen LogP contribution in [0.15, 0.2) is 29.3 Å². The molecule has 15 heavy (non-hydrogen) atoms. The van der Waals surface area contributed by atoms with Gasteiger partial charge in [-0.1, -0.05) is 17.8 Å². The van der Waals surface area contributed by atoms with Gasteiger partial charge in [0.2, 0.25) is 0 Å². The number of nitrogens with zero attached hydrogens (tertiary/aromatic N) is 3. The van der Waals surface area contributed by atoms with Gasteiger partial charge in [-0.15, -0.1) is 0 Å². The van der Waals surface area contributed by atoms with Crippen LogP contribution in [0.1, 0.15) is 5.56 Å². The van der Waals surface area contributed by atoms with Gasteiger partial charge >= 0.3 is 0 Å². The molecule has 0 radical (unpaired) electrons. The Morgan fingerprint density at radius 1 is 1.47 bits per heavy atom. The molecular weight excluding hydrogens is 208 g/mol. The van der Waals surface area contributed by atoms with Crippen LogP contribution < -0.4 is 5.32 Å². The Bertz CT molecular complexity index is 453. The van der Waals surface area contributed by atoms with E-state index in [1.54, 1.807) is 30.5 Å². The molecule has 0 saturated carbocycles. The minimum atomic E-state index is 0.507. The molecule has 0 unspecified atom stereocenters. The number of hydrogen-bond acceptors (Lipinski definition) is 4. The van der Waals surface area contributed by atoms with Gasteiger partial charge in [0.05, 0.1) is 17.3 Å². The lowest BCUT2D eigenvalue weighted by atomic mass is 10.2. The molecule has 1 aromatic carbocycles. The second kappa shape index (κ2) is 5.69. The van der Waals surface area contributed by atoms with Crippen LogP contribution in [0, 0.1) is 22.8 Å². The van der Waals surface area contributed by atoms with Crippen molar-refractivity contribution in [3.05, 3.63) is 29.8 Å². The van der Waals surface area contributed by atoms with Crippen LogP contribution in [0.2, 0.25) is 0 Å². The molecule has 0 aromatic heterocycles. The van der Waals surface area contributed by atoms with Crippen LogP contribution in [0.5, 0.6) is 0 Å². The zero-order chi connectivity index (χ0) is 11.1. The lowest BCUT2D eigenvalue weighted by Gasteiger charge is -1.99. The van der Waals surface area contributed by atoms with E-state index >= 15 is 0 Å². The van der Waals surface area contributed by atoms with Gasteiger partial charge in [0.15, 0.2) is 11.4 Å². The molecule has 0 aliphatic rings. The maximum atomic E-state index is 8.69. The van der Waals surface area contributed by atoms with Crippen LogP contribution in [-0.2, 0) is 0 Å². The van der Waals surface area contributed by atoms with Gasteiger partial charge < -0.3 is 0 Å². The summed E-state index contributed by atoms with van der Waals surface area (Å²) in [7, 11) is 0. The van der Waals surface area contributed by atoms with Crippen molar-refractivity contribution in [3.63, 3.8) is 0 Å². The lowest BCUT2D eigenvalue weighted by Crippen LogP contribution is -2.12. The quantitative estimate of drug-likeness (QED) is 0.337. The Morgan fingerprint density at radius 3 is 2.87 bits per heavy atom. The molecule has 0 saturated heterocycles. The van der Waals surface area contributed by atoms with E-state index in [0.29, 0.717) is 16.4 Å². The number of nitrogens with one attached hydrogen (secondary N) is 1. The monoisotopic (exact) mass is 216 g/mol. The van der Waals surface area contributed by atoms with Crippen LogP contribution >= 0.6 is 11.8 Å². The molecule has 5 heteroatoms. The van der Waals surface area contributed by atoms with E-state index in [9.17, 15) is 0 Å². The van der Waals surface area contributed by atoms with E-state index in [-0.39, 0.29) is 0 Å². The van der Waals surface area contributed by atoms with Crippen molar-refractivity contribution in [1.29, 1.82) is 10.5 Å². The average Bonchev–Trinajstić information content (AvgIpc) is 2.29. The highest BCUT2D eigenvalue weighted by atomic mass is 32.2. The van der Waals surface area contributed by atoms with Crippen molar-refractivity contribution in [3.8, 4) is 12.3 Å². The number of rotatable bonds is 1. The maximum Gasteiger partial charge on any atom is 0.183 e. The number of amidine groups is 1. The zero-order valence-corrected chi connectivity index (χ0v) is 8.88. The topological polar surface area (TPSA) is 72.0 Å². The van der Waals surface area contributed by atoms with Crippen molar-refractivity contribution in [2.45, 2.75) is 0 Å². The molecule has 0 spiro atoms. The predicted molar refractivity (Wildman–Crippen MR) is 60.5 cm³/mol. The predicted octanol–water partition coefficient (Wildman–Crippen LogP) is 1.98. The smallest absolute Gasteiger partial charge is 0.183 e. The van der Waals surface area contributed by atoms with Gasteiger partial charge in [0.1, 0.15) is 0 Å².